The van der Waals surface area contributed by atoms with E-state index in [2.05, 4.69) is 19.9 Å². The third-order valence-corrected chi connectivity index (χ3v) is 5.40. The van der Waals surface area contributed by atoms with Crippen LogP contribution in [-0.2, 0) is 20.8 Å². The Balaban J connectivity index is 2.39. The summed E-state index contributed by atoms with van der Waals surface area (Å²) in [5.41, 5.74) is -2.11. The van der Waals surface area contributed by atoms with Crippen molar-refractivity contribution in [2.45, 2.75) is 26.3 Å². The molecule has 0 saturated heterocycles. The van der Waals surface area contributed by atoms with E-state index in [1.165, 1.54) is 6.92 Å². The molecule has 2 aromatic rings. The number of esters is 2. The number of methoxy groups -OCH3 is 2. The van der Waals surface area contributed by atoms with Crippen molar-refractivity contribution in [1.29, 1.82) is 0 Å². The molecular weight excluding hydrogens is 458 g/mol. The van der Waals surface area contributed by atoms with Gasteiger partial charge < -0.3 is 14.8 Å². The van der Waals surface area contributed by atoms with Crippen LogP contribution in [0.5, 0.6) is 0 Å². The van der Waals surface area contributed by atoms with Gasteiger partial charge in [-0.1, -0.05) is 11.6 Å². The zero-order chi connectivity index (χ0) is 22.7. The van der Waals surface area contributed by atoms with Gasteiger partial charge in [-0.15, -0.1) is 11.3 Å². The Bertz CT molecular complexity index is 992. The largest absolute Gasteiger partial charge is 0.465 e. The summed E-state index contributed by atoms with van der Waals surface area (Å²) in [6, 6.07) is 0. The Morgan fingerprint density at radius 1 is 1.13 bits per heavy atom. The fourth-order valence-corrected chi connectivity index (χ4v) is 3.91. The minimum absolute atomic E-state index is 0.00332. The summed E-state index contributed by atoms with van der Waals surface area (Å²) < 4.78 is 61.8. The number of halogens is 5. The van der Waals surface area contributed by atoms with E-state index in [1.54, 1.807) is 0 Å². The number of hydrogen-bond acceptors (Lipinski definition) is 7. The van der Waals surface area contributed by atoms with Crippen molar-refractivity contribution in [1.82, 2.24) is 9.78 Å². The summed E-state index contributed by atoms with van der Waals surface area (Å²) in [5.74, 6) is -2.63. The van der Waals surface area contributed by atoms with E-state index in [0.29, 0.717) is 16.0 Å². The van der Waals surface area contributed by atoms with Gasteiger partial charge in [-0.25, -0.2) is 27.2 Å². The van der Waals surface area contributed by atoms with E-state index in [-0.39, 0.29) is 21.0 Å². The summed E-state index contributed by atoms with van der Waals surface area (Å²) >= 11 is 6.23. The molecule has 0 unspecified atom stereocenters. The van der Waals surface area contributed by atoms with Crippen LogP contribution in [0.1, 0.15) is 49.8 Å². The van der Waals surface area contributed by atoms with Gasteiger partial charge in [0.05, 0.1) is 24.8 Å². The summed E-state index contributed by atoms with van der Waals surface area (Å²) in [5, 5.41) is 4.50. The van der Waals surface area contributed by atoms with Gasteiger partial charge in [-0.05, 0) is 12.5 Å². The minimum atomic E-state index is -3.27. The quantitative estimate of drug-likeness (QED) is 0.484. The standard InChI is InChI=1S/C16H14ClF4N3O5S/c1-5-7(15(26)28-2)14(30-11(5)16(27)29-3)22-6(25)4-24-10(13(20)21)8(17)9(23-24)12(18)19/h12-13H,4H2,1-3H3,(H,22,25). The van der Waals surface area contributed by atoms with Crippen LogP contribution < -0.4 is 5.32 Å². The van der Waals surface area contributed by atoms with Crippen LogP contribution in [0.4, 0.5) is 22.6 Å². The van der Waals surface area contributed by atoms with Crippen molar-refractivity contribution >= 4 is 45.8 Å². The van der Waals surface area contributed by atoms with Crippen LogP contribution in [0.2, 0.25) is 5.02 Å². The second kappa shape index (κ2) is 9.43. The van der Waals surface area contributed by atoms with Gasteiger partial charge in [0.1, 0.15) is 27.8 Å². The van der Waals surface area contributed by atoms with Gasteiger partial charge in [0.2, 0.25) is 5.91 Å². The molecule has 1 N–H and O–H groups in total. The molecule has 1 amide bonds. The number of hydrogen-bond donors (Lipinski definition) is 1. The second-order valence-electron chi connectivity index (χ2n) is 5.64. The highest BCUT2D eigenvalue weighted by molar-refractivity contribution is 7.18. The zero-order valence-corrected chi connectivity index (χ0v) is 17.2. The molecule has 0 aliphatic carbocycles. The third-order valence-electron chi connectivity index (χ3n) is 3.82. The maximum atomic E-state index is 13.2. The molecule has 2 heterocycles. The molecule has 14 heteroatoms. The van der Waals surface area contributed by atoms with Crippen LogP contribution in [-0.4, -0.2) is 41.8 Å². The molecule has 0 atom stereocenters. The number of aromatic nitrogens is 2. The maximum Gasteiger partial charge on any atom is 0.348 e. The average molecular weight is 472 g/mol. The molecule has 8 nitrogen and oxygen atoms in total. The van der Waals surface area contributed by atoms with E-state index in [4.69, 9.17) is 11.6 Å². The van der Waals surface area contributed by atoms with E-state index in [1.807, 2.05) is 0 Å². The predicted octanol–water partition coefficient (Wildman–Crippen LogP) is 3.99. The number of ether oxygens (including phenoxy) is 2. The first-order valence-corrected chi connectivity index (χ1v) is 9.15. The number of thiophene rings is 1. The Hall–Kier alpha value is -2.67. The van der Waals surface area contributed by atoms with Gasteiger partial charge >= 0.3 is 11.9 Å². The SMILES string of the molecule is COC(=O)c1sc(NC(=O)Cn2nc(C(F)F)c(Cl)c2C(F)F)c(C(=O)OC)c1C. The maximum absolute atomic E-state index is 13.2. The Labute approximate surface area is 175 Å². The highest BCUT2D eigenvalue weighted by Crippen LogP contribution is 2.36. The van der Waals surface area contributed by atoms with Gasteiger partial charge in [-0.3, -0.25) is 9.48 Å². The Morgan fingerprint density at radius 3 is 2.23 bits per heavy atom. The molecule has 0 aliphatic rings. The Morgan fingerprint density at radius 2 is 1.73 bits per heavy atom. The topological polar surface area (TPSA) is 99.5 Å². The van der Waals surface area contributed by atoms with Crippen molar-refractivity contribution < 1.29 is 41.4 Å². The van der Waals surface area contributed by atoms with Gasteiger partial charge in [0, 0.05) is 0 Å². The highest BCUT2D eigenvalue weighted by atomic mass is 35.5. The molecule has 30 heavy (non-hydrogen) atoms. The lowest BCUT2D eigenvalue weighted by molar-refractivity contribution is -0.117. The lowest BCUT2D eigenvalue weighted by Gasteiger charge is -2.08. The fraction of sp³-hybridized carbons (Fsp3) is 0.375. The van der Waals surface area contributed by atoms with Crippen LogP contribution >= 0.6 is 22.9 Å². The van der Waals surface area contributed by atoms with Crippen molar-refractivity contribution in [2.24, 2.45) is 0 Å². The average Bonchev–Trinajstić information content (AvgIpc) is 3.17. The van der Waals surface area contributed by atoms with Crippen molar-refractivity contribution in [2.75, 3.05) is 19.5 Å². The number of carbonyl (C=O) groups is 3. The molecule has 2 aromatic heterocycles. The molecule has 0 spiro atoms. The first-order chi connectivity index (χ1) is 14.0. The number of anilines is 1. The number of nitrogens with one attached hydrogen (secondary N) is 1. The first-order valence-electron chi connectivity index (χ1n) is 7.95. The third kappa shape index (κ3) is 4.56. The molecule has 0 aliphatic heterocycles. The summed E-state index contributed by atoms with van der Waals surface area (Å²) in [4.78, 5) is 36.3. The van der Waals surface area contributed by atoms with E-state index in [9.17, 15) is 31.9 Å². The van der Waals surface area contributed by atoms with Crippen LogP contribution in [0.15, 0.2) is 0 Å². The smallest absolute Gasteiger partial charge is 0.348 e. The molecule has 0 aromatic carbocycles. The fourth-order valence-electron chi connectivity index (χ4n) is 2.48. The monoisotopic (exact) mass is 471 g/mol. The van der Waals surface area contributed by atoms with Crippen LogP contribution in [0, 0.1) is 6.92 Å². The summed E-state index contributed by atoms with van der Waals surface area (Å²) in [6.07, 6.45) is -6.50. The second-order valence-corrected chi connectivity index (χ2v) is 7.03. The molecule has 0 radical (unpaired) electrons. The normalized spacial score (nSPS) is 11.1. The summed E-state index contributed by atoms with van der Waals surface area (Å²) in [7, 11) is 2.20. The minimum Gasteiger partial charge on any atom is -0.465 e. The van der Waals surface area contributed by atoms with Gasteiger partial charge in [0.15, 0.2) is 0 Å². The number of amides is 1. The molecule has 0 saturated carbocycles. The highest BCUT2D eigenvalue weighted by Gasteiger charge is 2.30. The molecule has 0 bridgehead atoms. The van der Waals surface area contributed by atoms with Crippen molar-refractivity contribution in [3.8, 4) is 0 Å². The van der Waals surface area contributed by atoms with E-state index in [0.717, 1.165) is 14.2 Å². The predicted molar refractivity (Wildman–Crippen MR) is 97.5 cm³/mol. The summed E-state index contributed by atoms with van der Waals surface area (Å²) in [6.45, 7) is 0.513. The number of nitrogens with zero attached hydrogens (tertiary/aromatic N) is 2. The Kier molecular flexibility index (Phi) is 7.42. The van der Waals surface area contributed by atoms with Crippen molar-refractivity contribution in [3.05, 3.63) is 32.4 Å². The lowest BCUT2D eigenvalue weighted by atomic mass is 10.1. The van der Waals surface area contributed by atoms with Crippen LogP contribution in [0.3, 0.4) is 0 Å². The number of carbonyl (C=O) groups excluding carboxylic acids is 3. The number of rotatable bonds is 7. The van der Waals surface area contributed by atoms with Gasteiger partial charge in [0.25, 0.3) is 12.9 Å². The van der Waals surface area contributed by atoms with Crippen LogP contribution in [0.25, 0.3) is 0 Å². The molecule has 164 valence electrons. The lowest BCUT2D eigenvalue weighted by Crippen LogP contribution is -2.22. The van der Waals surface area contributed by atoms with E-state index >= 15 is 0 Å². The molecule has 2 rings (SSSR count). The van der Waals surface area contributed by atoms with Gasteiger partial charge in [-0.2, -0.15) is 5.10 Å². The molecular formula is C16H14ClF4N3O5S. The molecule has 0 fully saturated rings. The van der Waals surface area contributed by atoms with E-state index < -0.39 is 53.7 Å². The zero-order valence-electron chi connectivity index (χ0n) is 15.6. The number of alkyl halides is 4. The first kappa shape index (κ1) is 23.6. The van der Waals surface area contributed by atoms with Crippen molar-refractivity contribution in [3.63, 3.8) is 0 Å².